The lowest BCUT2D eigenvalue weighted by Gasteiger charge is -2.24. The second-order valence-electron chi connectivity index (χ2n) is 4.17. The molecule has 0 aliphatic carbocycles. The van der Waals surface area contributed by atoms with Crippen LogP contribution in [0.5, 0.6) is 0 Å². The monoisotopic (exact) mass is 306 g/mol. The number of carboxylic acids is 1. The molecule has 0 N–H and O–H groups in total. The van der Waals surface area contributed by atoms with Crippen LogP contribution >= 0.6 is 11.6 Å². The molecular weight excluding hydrogens is 297 g/mol. The van der Waals surface area contributed by atoms with Gasteiger partial charge in [0.25, 0.3) is 0 Å². The summed E-state index contributed by atoms with van der Waals surface area (Å²) in [7, 11) is -4.01. The van der Waals surface area contributed by atoms with Crippen molar-refractivity contribution >= 4 is 27.6 Å². The summed E-state index contributed by atoms with van der Waals surface area (Å²) in [5, 5.41) is 10.6. The first-order valence-corrected chi connectivity index (χ1v) is 7.33. The van der Waals surface area contributed by atoms with Crippen LogP contribution in [0.1, 0.15) is 12.8 Å². The molecule has 1 aromatic rings. The summed E-state index contributed by atoms with van der Waals surface area (Å²) in [6.45, 7) is 0.0932. The van der Waals surface area contributed by atoms with Crippen LogP contribution < -0.4 is 5.11 Å². The minimum Gasteiger partial charge on any atom is -0.548 e. The fourth-order valence-corrected chi connectivity index (χ4v) is 3.95. The molecule has 0 saturated carbocycles. The molecule has 0 spiro atoms. The normalized spacial score (nSPS) is 20.6. The van der Waals surface area contributed by atoms with Crippen molar-refractivity contribution in [3.05, 3.63) is 29.0 Å². The zero-order chi connectivity index (χ0) is 14.2. The molecule has 0 bridgehead atoms. The minimum absolute atomic E-state index is 0.0932. The van der Waals surface area contributed by atoms with Gasteiger partial charge in [0.15, 0.2) is 0 Å². The third kappa shape index (κ3) is 2.58. The van der Waals surface area contributed by atoms with E-state index in [1.54, 1.807) is 0 Å². The Kier molecular flexibility index (Phi) is 3.80. The summed E-state index contributed by atoms with van der Waals surface area (Å²) in [6, 6.07) is 1.77. The quantitative estimate of drug-likeness (QED) is 0.809. The van der Waals surface area contributed by atoms with Crippen LogP contribution in [0.3, 0.4) is 0 Å². The van der Waals surface area contributed by atoms with E-state index in [9.17, 15) is 22.7 Å². The third-order valence-corrected chi connectivity index (χ3v) is 5.17. The van der Waals surface area contributed by atoms with Gasteiger partial charge in [0.05, 0.1) is 21.9 Å². The lowest BCUT2D eigenvalue weighted by atomic mass is 10.2. The first-order valence-electron chi connectivity index (χ1n) is 5.52. The van der Waals surface area contributed by atoms with Gasteiger partial charge in [0.2, 0.25) is 10.0 Å². The Labute approximate surface area is 114 Å². The number of carbonyl (C=O) groups excluding carboxylic acids is 1. The van der Waals surface area contributed by atoms with Crippen LogP contribution in [0.15, 0.2) is 23.1 Å². The highest BCUT2D eigenvalue weighted by Crippen LogP contribution is 2.28. The average Bonchev–Trinajstić information content (AvgIpc) is 2.82. The molecule has 19 heavy (non-hydrogen) atoms. The molecule has 1 aliphatic rings. The van der Waals surface area contributed by atoms with Crippen molar-refractivity contribution in [3.63, 3.8) is 0 Å². The standard InChI is InChI=1S/C11H11ClFNO4S/c12-8-6-7(3-4-9(8)13)19(17,18)14-5-1-2-10(14)11(15)16/h3-4,6,10H,1-2,5H2,(H,15,16)/p-1/t10-/m0/s1. The molecule has 8 heteroatoms. The van der Waals surface area contributed by atoms with Crippen LogP contribution in [0.4, 0.5) is 4.39 Å². The second-order valence-corrected chi connectivity index (χ2v) is 6.47. The Balaban J connectivity index is 2.42. The van der Waals surface area contributed by atoms with E-state index >= 15 is 0 Å². The number of hydrogen-bond donors (Lipinski definition) is 0. The first kappa shape index (κ1) is 14.2. The van der Waals surface area contributed by atoms with Crippen LogP contribution in [-0.2, 0) is 14.8 Å². The molecule has 1 aromatic carbocycles. The van der Waals surface area contributed by atoms with Crippen molar-refractivity contribution in [2.45, 2.75) is 23.8 Å². The second kappa shape index (κ2) is 5.07. The van der Waals surface area contributed by atoms with E-state index in [0.717, 1.165) is 22.5 Å². The van der Waals surface area contributed by atoms with E-state index in [1.165, 1.54) is 0 Å². The molecule has 1 fully saturated rings. The van der Waals surface area contributed by atoms with Gasteiger partial charge in [-0.15, -0.1) is 0 Å². The molecule has 0 radical (unpaired) electrons. The van der Waals surface area contributed by atoms with Crippen LogP contribution in [-0.4, -0.2) is 31.3 Å². The largest absolute Gasteiger partial charge is 0.548 e. The molecule has 5 nitrogen and oxygen atoms in total. The van der Waals surface area contributed by atoms with Crippen molar-refractivity contribution in [1.29, 1.82) is 0 Å². The molecule has 1 saturated heterocycles. The van der Waals surface area contributed by atoms with Gasteiger partial charge in [-0.05, 0) is 31.0 Å². The first-order chi connectivity index (χ1) is 8.84. The fourth-order valence-electron chi connectivity index (χ4n) is 2.04. The fraction of sp³-hybridized carbons (Fsp3) is 0.364. The summed E-state index contributed by atoms with van der Waals surface area (Å²) in [5.74, 6) is -2.17. The van der Waals surface area contributed by atoms with Crippen molar-refractivity contribution in [3.8, 4) is 0 Å². The number of nitrogens with zero attached hydrogens (tertiary/aromatic N) is 1. The van der Waals surface area contributed by atoms with Crippen LogP contribution in [0, 0.1) is 5.82 Å². The van der Waals surface area contributed by atoms with Crippen molar-refractivity contribution in [2.75, 3.05) is 6.54 Å². The lowest BCUT2D eigenvalue weighted by Crippen LogP contribution is -2.46. The number of benzene rings is 1. The number of carboxylic acid groups (broad SMARTS) is 1. The third-order valence-electron chi connectivity index (χ3n) is 2.97. The predicted octanol–water partition coefficient (Wildman–Crippen LogP) is 0.382. The molecule has 0 amide bonds. The molecule has 1 atom stereocenters. The number of carbonyl (C=O) groups is 1. The zero-order valence-electron chi connectivity index (χ0n) is 9.68. The summed E-state index contributed by atoms with van der Waals surface area (Å²) in [6.07, 6.45) is 0.642. The van der Waals surface area contributed by atoms with E-state index < -0.39 is 27.9 Å². The van der Waals surface area contributed by atoms with Gasteiger partial charge in [-0.1, -0.05) is 11.6 Å². The van der Waals surface area contributed by atoms with Gasteiger partial charge in [-0.25, -0.2) is 12.8 Å². The Morgan fingerprint density at radius 2 is 2.16 bits per heavy atom. The topological polar surface area (TPSA) is 77.5 Å². The van der Waals surface area contributed by atoms with Gasteiger partial charge in [-0.2, -0.15) is 4.31 Å². The number of hydrogen-bond acceptors (Lipinski definition) is 4. The summed E-state index contributed by atoms with van der Waals surface area (Å²) in [5.41, 5.74) is 0. The predicted molar refractivity (Wildman–Crippen MR) is 63.3 cm³/mol. The maximum atomic E-state index is 13.0. The highest BCUT2D eigenvalue weighted by molar-refractivity contribution is 7.89. The lowest BCUT2D eigenvalue weighted by molar-refractivity contribution is -0.309. The number of halogens is 2. The van der Waals surface area contributed by atoms with E-state index in [4.69, 9.17) is 11.6 Å². The molecule has 0 unspecified atom stereocenters. The number of rotatable bonds is 3. The molecule has 1 aliphatic heterocycles. The molecule has 1 heterocycles. The zero-order valence-corrected chi connectivity index (χ0v) is 11.2. The number of sulfonamides is 1. The highest BCUT2D eigenvalue weighted by atomic mass is 35.5. The summed E-state index contributed by atoms with van der Waals surface area (Å²) >= 11 is 5.54. The van der Waals surface area contributed by atoms with E-state index in [0.29, 0.717) is 6.42 Å². The molecule has 0 aromatic heterocycles. The molecule has 2 rings (SSSR count). The Bertz CT molecular complexity index is 619. The summed E-state index contributed by atoms with van der Waals surface area (Å²) < 4.78 is 38.4. The van der Waals surface area contributed by atoms with Gasteiger partial charge in [-0.3, -0.25) is 0 Å². The van der Waals surface area contributed by atoms with Gasteiger partial charge < -0.3 is 9.90 Å². The van der Waals surface area contributed by atoms with Crippen molar-refractivity contribution < 1.29 is 22.7 Å². The van der Waals surface area contributed by atoms with Gasteiger partial charge >= 0.3 is 0 Å². The Morgan fingerprint density at radius 1 is 1.47 bits per heavy atom. The Hall–Kier alpha value is -1.18. The maximum Gasteiger partial charge on any atom is 0.243 e. The highest BCUT2D eigenvalue weighted by Gasteiger charge is 2.36. The van der Waals surface area contributed by atoms with Crippen LogP contribution in [0.25, 0.3) is 0 Å². The molecular formula is C11H10ClFNO4S-. The van der Waals surface area contributed by atoms with Gasteiger partial charge in [0, 0.05) is 6.54 Å². The van der Waals surface area contributed by atoms with Crippen molar-refractivity contribution in [2.24, 2.45) is 0 Å². The van der Waals surface area contributed by atoms with E-state index in [-0.39, 0.29) is 22.9 Å². The SMILES string of the molecule is O=C([O-])[C@@H]1CCCN1S(=O)(=O)c1ccc(F)c(Cl)c1. The van der Waals surface area contributed by atoms with Crippen molar-refractivity contribution in [1.82, 2.24) is 4.31 Å². The van der Waals surface area contributed by atoms with E-state index in [2.05, 4.69) is 0 Å². The Morgan fingerprint density at radius 3 is 2.74 bits per heavy atom. The smallest absolute Gasteiger partial charge is 0.243 e. The van der Waals surface area contributed by atoms with E-state index in [1.807, 2.05) is 0 Å². The summed E-state index contributed by atoms with van der Waals surface area (Å²) in [4.78, 5) is 10.7. The number of aliphatic carboxylic acids is 1. The molecule has 104 valence electrons. The maximum absolute atomic E-state index is 13.0. The average molecular weight is 307 g/mol. The minimum atomic E-state index is -4.01. The van der Waals surface area contributed by atoms with Gasteiger partial charge in [0.1, 0.15) is 5.82 Å². The van der Waals surface area contributed by atoms with Crippen LogP contribution in [0.2, 0.25) is 5.02 Å².